The molecular formula is C15H17BrN4O. The lowest BCUT2D eigenvalue weighted by atomic mass is 10.3. The molecule has 5 nitrogen and oxygen atoms in total. The number of benzene rings is 1. The van der Waals surface area contributed by atoms with Crippen LogP contribution in [0.2, 0.25) is 0 Å². The van der Waals surface area contributed by atoms with E-state index < -0.39 is 0 Å². The van der Waals surface area contributed by atoms with Gasteiger partial charge in [0.1, 0.15) is 0 Å². The van der Waals surface area contributed by atoms with Crippen LogP contribution in [0, 0.1) is 0 Å². The number of nitrogens with one attached hydrogen (secondary N) is 1. The summed E-state index contributed by atoms with van der Waals surface area (Å²) < 4.78 is 2.64. The van der Waals surface area contributed by atoms with Crippen molar-refractivity contribution in [2.45, 2.75) is 6.42 Å². The number of aromatic nitrogens is 2. The summed E-state index contributed by atoms with van der Waals surface area (Å²) in [4.78, 5) is 19.1. The van der Waals surface area contributed by atoms with E-state index in [1.54, 1.807) is 17.0 Å². The maximum atomic E-state index is 12.7. The van der Waals surface area contributed by atoms with Crippen LogP contribution in [0.3, 0.4) is 0 Å². The average Bonchev–Trinajstić information content (AvgIpc) is 2.78. The second-order valence-electron chi connectivity index (χ2n) is 4.99. The van der Waals surface area contributed by atoms with Gasteiger partial charge in [0.2, 0.25) is 0 Å². The molecule has 0 amide bonds. The molecule has 21 heavy (non-hydrogen) atoms. The van der Waals surface area contributed by atoms with Gasteiger partial charge < -0.3 is 10.2 Å². The zero-order valence-electron chi connectivity index (χ0n) is 11.6. The van der Waals surface area contributed by atoms with Crippen molar-refractivity contribution in [3.8, 4) is 5.69 Å². The van der Waals surface area contributed by atoms with Crippen LogP contribution < -0.4 is 15.8 Å². The summed E-state index contributed by atoms with van der Waals surface area (Å²) in [7, 11) is 0. The summed E-state index contributed by atoms with van der Waals surface area (Å²) in [6.45, 7) is 3.55. The fourth-order valence-corrected chi connectivity index (χ4v) is 2.75. The molecule has 0 saturated carbocycles. The Balaban J connectivity index is 1.98. The van der Waals surface area contributed by atoms with Crippen LogP contribution in [-0.2, 0) is 0 Å². The van der Waals surface area contributed by atoms with E-state index in [-0.39, 0.29) is 5.56 Å². The minimum Gasteiger partial charge on any atom is -0.351 e. The Morgan fingerprint density at radius 2 is 1.95 bits per heavy atom. The van der Waals surface area contributed by atoms with Crippen LogP contribution in [0.15, 0.2) is 45.9 Å². The van der Waals surface area contributed by atoms with Crippen molar-refractivity contribution in [1.29, 1.82) is 0 Å². The van der Waals surface area contributed by atoms with E-state index in [0.717, 1.165) is 42.8 Å². The lowest BCUT2D eigenvalue weighted by Crippen LogP contribution is -2.35. The molecule has 1 saturated heterocycles. The molecule has 110 valence electrons. The lowest BCUT2D eigenvalue weighted by molar-refractivity contribution is 0.724. The predicted molar refractivity (Wildman–Crippen MR) is 87.2 cm³/mol. The van der Waals surface area contributed by atoms with Gasteiger partial charge in [-0.15, -0.1) is 0 Å². The first-order valence-electron chi connectivity index (χ1n) is 7.05. The lowest BCUT2D eigenvalue weighted by Gasteiger charge is -2.20. The van der Waals surface area contributed by atoms with Crippen LogP contribution in [0.4, 0.5) is 5.82 Å². The van der Waals surface area contributed by atoms with Crippen molar-refractivity contribution in [2.75, 3.05) is 31.1 Å². The van der Waals surface area contributed by atoms with Crippen molar-refractivity contribution in [1.82, 2.24) is 14.9 Å². The third-order valence-corrected chi connectivity index (χ3v) is 4.10. The molecule has 0 aliphatic carbocycles. The summed E-state index contributed by atoms with van der Waals surface area (Å²) in [6, 6.07) is 7.69. The number of anilines is 1. The monoisotopic (exact) mass is 348 g/mol. The molecule has 0 bridgehead atoms. The van der Waals surface area contributed by atoms with Gasteiger partial charge in [-0.05, 0) is 37.2 Å². The SMILES string of the molecule is O=c1c(N2CCCNCC2)nccn1-c1ccc(Br)cc1. The Morgan fingerprint density at radius 1 is 1.14 bits per heavy atom. The molecule has 1 aliphatic rings. The van der Waals surface area contributed by atoms with Gasteiger partial charge in [-0.25, -0.2) is 4.98 Å². The highest BCUT2D eigenvalue weighted by Gasteiger charge is 2.15. The Morgan fingerprint density at radius 3 is 2.76 bits per heavy atom. The van der Waals surface area contributed by atoms with E-state index in [4.69, 9.17) is 0 Å². The van der Waals surface area contributed by atoms with Crippen LogP contribution in [0.5, 0.6) is 0 Å². The number of nitrogens with zero attached hydrogens (tertiary/aromatic N) is 3. The van der Waals surface area contributed by atoms with Crippen molar-refractivity contribution in [3.05, 3.63) is 51.5 Å². The van der Waals surface area contributed by atoms with Crippen LogP contribution in [-0.4, -0.2) is 35.7 Å². The van der Waals surface area contributed by atoms with Gasteiger partial charge >= 0.3 is 0 Å². The highest BCUT2D eigenvalue weighted by atomic mass is 79.9. The Bertz CT molecular complexity index is 660. The first-order chi connectivity index (χ1) is 10.3. The van der Waals surface area contributed by atoms with E-state index in [0.29, 0.717) is 5.82 Å². The van der Waals surface area contributed by atoms with Gasteiger partial charge in [-0.2, -0.15) is 0 Å². The third-order valence-electron chi connectivity index (χ3n) is 3.57. The van der Waals surface area contributed by atoms with Crippen molar-refractivity contribution in [2.24, 2.45) is 0 Å². The van der Waals surface area contributed by atoms with E-state index in [1.165, 1.54) is 0 Å². The maximum Gasteiger partial charge on any atom is 0.298 e. The van der Waals surface area contributed by atoms with Gasteiger partial charge in [0.05, 0.1) is 0 Å². The summed E-state index contributed by atoms with van der Waals surface area (Å²) in [6.07, 6.45) is 4.43. The zero-order valence-corrected chi connectivity index (χ0v) is 13.2. The molecule has 2 heterocycles. The maximum absolute atomic E-state index is 12.7. The minimum atomic E-state index is -0.0678. The number of hydrogen-bond donors (Lipinski definition) is 1. The molecule has 2 aromatic rings. The van der Waals surface area contributed by atoms with E-state index in [1.807, 2.05) is 24.3 Å². The highest BCUT2D eigenvalue weighted by molar-refractivity contribution is 9.10. The number of halogens is 1. The van der Waals surface area contributed by atoms with Gasteiger partial charge in [-0.1, -0.05) is 15.9 Å². The molecule has 0 unspecified atom stereocenters. The molecule has 0 atom stereocenters. The molecule has 1 aromatic heterocycles. The summed E-state index contributed by atoms with van der Waals surface area (Å²) in [5.74, 6) is 0.532. The molecule has 6 heteroatoms. The first-order valence-corrected chi connectivity index (χ1v) is 7.84. The predicted octanol–water partition coefficient (Wildman–Crippen LogP) is 1.79. The average molecular weight is 349 g/mol. The molecule has 3 rings (SSSR count). The Labute approximate surface area is 131 Å². The van der Waals surface area contributed by atoms with Gasteiger partial charge in [0.15, 0.2) is 5.82 Å². The number of rotatable bonds is 2. The zero-order chi connectivity index (χ0) is 14.7. The second-order valence-corrected chi connectivity index (χ2v) is 5.91. The Hall–Kier alpha value is -1.66. The van der Waals surface area contributed by atoms with Gasteiger partial charge in [0, 0.05) is 42.2 Å². The van der Waals surface area contributed by atoms with Crippen molar-refractivity contribution in [3.63, 3.8) is 0 Å². The third kappa shape index (κ3) is 3.16. The van der Waals surface area contributed by atoms with E-state index in [2.05, 4.69) is 31.1 Å². The molecule has 0 spiro atoms. The minimum absolute atomic E-state index is 0.0678. The molecular weight excluding hydrogens is 332 g/mol. The molecule has 1 fully saturated rings. The summed E-state index contributed by atoms with van der Waals surface area (Å²) >= 11 is 3.41. The highest BCUT2D eigenvalue weighted by Crippen LogP contribution is 2.14. The molecule has 1 aliphatic heterocycles. The molecule has 0 radical (unpaired) electrons. The largest absolute Gasteiger partial charge is 0.351 e. The fraction of sp³-hybridized carbons (Fsp3) is 0.333. The molecule has 1 aromatic carbocycles. The van der Waals surface area contributed by atoms with Crippen molar-refractivity contribution < 1.29 is 0 Å². The fourth-order valence-electron chi connectivity index (χ4n) is 2.48. The van der Waals surface area contributed by atoms with E-state index in [9.17, 15) is 4.79 Å². The van der Waals surface area contributed by atoms with E-state index >= 15 is 0 Å². The summed E-state index contributed by atoms with van der Waals surface area (Å²) in [5, 5.41) is 3.34. The second kappa shape index (κ2) is 6.41. The quantitative estimate of drug-likeness (QED) is 0.898. The smallest absolute Gasteiger partial charge is 0.298 e. The Kier molecular flexibility index (Phi) is 4.36. The standard InChI is InChI=1S/C15H17BrN4O/c16-12-2-4-13(5-3-12)20-11-8-18-14(15(20)21)19-9-1-6-17-7-10-19/h2-5,8,11,17H,1,6-7,9-10H2. The molecule has 1 N–H and O–H groups in total. The normalized spacial score (nSPS) is 15.8. The van der Waals surface area contributed by atoms with Gasteiger partial charge in [-0.3, -0.25) is 9.36 Å². The first kappa shape index (κ1) is 14.3. The van der Waals surface area contributed by atoms with Crippen molar-refractivity contribution >= 4 is 21.7 Å². The van der Waals surface area contributed by atoms with Gasteiger partial charge in [0.25, 0.3) is 5.56 Å². The van der Waals surface area contributed by atoms with Crippen LogP contribution in [0.25, 0.3) is 5.69 Å². The number of hydrogen-bond acceptors (Lipinski definition) is 4. The van der Waals surface area contributed by atoms with Crippen LogP contribution in [0.1, 0.15) is 6.42 Å². The topological polar surface area (TPSA) is 50.2 Å². The van der Waals surface area contributed by atoms with Crippen LogP contribution >= 0.6 is 15.9 Å². The summed E-state index contributed by atoms with van der Waals surface area (Å²) in [5.41, 5.74) is 0.779.